The molecule has 31 heavy (non-hydrogen) atoms. The number of pyridine rings is 1. The Morgan fingerprint density at radius 1 is 0.968 bits per heavy atom. The van der Waals surface area contributed by atoms with E-state index in [1.54, 1.807) is 36.5 Å². The second-order valence-electron chi connectivity index (χ2n) is 6.72. The normalized spacial score (nSPS) is 11.4. The maximum absolute atomic E-state index is 13.1. The van der Waals surface area contributed by atoms with Gasteiger partial charge >= 0.3 is 0 Å². The van der Waals surface area contributed by atoms with E-state index in [9.17, 15) is 13.2 Å². The first-order chi connectivity index (χ1) is 14.9. The topological polar surface area (TPSA) is 100 Å². The van der Waals surface area contributed by atoms with Gasteiger partial charge in [0.1, 0.15) is 10.6 Å². The lowest BCUT2D eigenvalue weighted by atomic mass is 10.2. The molecule has 0 spiro atoms. The van der Waals surface area contributed by atoms with Gasteiger partial charge in [-0.1, -0.05) is 18.2 Å². The van der Waals surface area contributed by atoms with Crippen molar-refractivity contribution < 1.29 is 17.9 Å². The molecule has 0 unspecified atom stereocenters. The first kappa shape index (κ1) is 20.5. The van der Waals surface area contributed by atoms with E-state index in [4.69, 9.17) is 9.47 Å². The molecule has 2 aromatic carbocycles. The van der Waals surface area contributed by atoms with E-state index < -0.39 is 9.84 Å². The Kier molecular flexibility index (Phi) is 5.43. The van der Waals surface area contributed by atoms with Crippen LogP contribution in [0.15, 0.2) is 81.6 Å². The molecule has 0 aliphatic rings. The van der Waals surface area contributed by atoms with Crippen LogP contribution >= 0.6 is 0 Å². The van der Waals surface area contributed by atoms with Crippen LogP contribution in [0.4, 0.5) is 0 Å². The molecule has 0 aliphatic heterocycles. The third-order valence-electron chi connectivity index (χ3n) is 4.83. The number of benzene rings is 2. The predicted octanol–water partition coefficient (Wildman–Crippen LogP) is 2.69. The second kappa shape index (κ2) is 8.19. The van der Waals surface area contributed by atoms with E-state index in [-0.39, 0.29) is 27.6 Å². The molecule has 0 N–H and O–H groups in total. The van der Waals surface area contributed by atoms with Gasteiger partial charge in [-0.05, 0) is 35.9 Å². The fourth-order valence-electron chi connectivity index (χ4n) is 3.21. The van der Waals surface area contributed by atoms with Crippen molar-refractivity contribution in [3.8, 4) is 11.6 Å². The van der Waals surface area contributed by atoms with E-state index in [0.29, 0.717) is 16.7 Å². The summed E-state index contributed by atoms with van der Waals surface area (Å²) >= 11 is 0. The van der Waals surface area contributed by atoms with Gasteiger partial charge in [-0.3, -0.25) is 4.79 Å². The average molecular weight is 437 g/mol. The lowest BCUT2D eigenvalue weighted by molar-refractivity contribution is 0.397. The van der Waals surface area contributed by atoms with Crippen molar-refractivity contribution in [3.05, 3.63) is 82.9 Å². The molecule has 0 radical (unpaired) electrons. The Labute approximate surface area is 178 Å². The summed E-state index contributed by atoms with van der Waals surface area (Å²) in [5.41, 5.74) is 0.458. The molecule has 0 aliphatic carbocycles. The minimum atomic E-state index is -3.83. The Morgan fingerprint density at radius 3 is 2.48 bits per heavy atom. The van der Waals surface area contributed by atoms with Crippen LogP contribution in [0.3, 0.4) is 0 Å². The molecule has 0 bridgehead atoms. The molecule has 0 fully saturated rings. The van der Waals surface area contributed by atoms with Crippen LogP contribution in [0.25, 0.3) is 10.8 Å². The zero-order valence-electron chi connectivity index (χ0n) is 16.8. The van der Waals surface area contributed by atoms with E-state index in [2.05, 4.69) is 10.1 Å². The van der Waals surface area contributed by atoms with Gasteiger partial charge < -0.3 is 9.47 Å². The molecule has 0 saturated heterocycles. The highest BCUT2D eigenvalue weighted by molar-refractivity contribution is 7.91. The van der Waals surface area contributed by atoms with E-state index in [0.717, 1.165) is 5.56 Å². The summed E-state index contributed by atoms with van der Waals surface area (Å²) < 4.78 is 37.7. The van der Waals surface area contributed by atoms with Gasteiger partial charge in [-0.2, -0.15) is 5.10 Å². The standard InChI is InChI=1S/C22H19N3O5S/c1-29-19-5-3-4-6-20(19)31(27,28)17-8-9-18-16(11-17)13-24-25(22(18)26)14-15-7-10-21(30-2)23-12-15/h3-13H,14H2,1-2H3. The second-order valence-corrected chi connectivity index (χ2v) is 8.64. The fraction of sp³-hybridized carbons (Fsp3) is 0.136. The third-order valence-corrected chi connectivity index (χ3v) is 6.62. The molecule has 0 saturated carbocycles. The molecular weight excluding hydrogens is 418 g/mol. The molecular formula is C22H19N3O5S. The first-order valence-corrected chi connectivity index (χ1v) is 10.8. The highest BCUT2D eigenvalue weighted by Gasteiger charge is 2.22. The van der Waals surface area contributed by atoms with Gasteiger partial charge in [-0.15, -0.1) is 0 Å². The number of rotatable bonds is 6. The van der Waals surface area contributed by atoms with Gasteiger partial charge in [-0.25, -0.2) is 18.1 Å². The lowest BCUT2D eigenvalue weighted by Gasteiger charge is -2.11. The van der Waals surface area contributed by atoms with Gasteiger partial charge in [0, 0.05) is 17.6 Å². The summed E-state index contributed by atoms with van der Waals surface area (Å²) in [6.45, 7) is 0.229. The fourth-order valence-corrected chi connectivity index (χ4v) is 4.67. The molecule has 0 amide bonds. The maximum atomic E-state index is 13.1. The number of ether oxygens (including phenoxy) is 2. The quantitative estimate of drug-likeness (QED) is 0.457. The van der Waals surface area contributed by atoms with Gasteiger partial charge in [0.05, 0.1) is 37.2 Å². The van der Waals surface area contributed by atoms with Crippen LogP contribution < -0.4 is 15.0 Å². The smallest absolute Gasteiger partial charge is 0.274 e. The Balaban J connectivity index is 1.72. The largest absolute Gasteiger partial charge is 0.495 e. The number of nitrogens with zero attached hydrogens (tertiary/aromatic N) is 3. The predicted molar refractivity (Wildman–Crippen MR) is 114 cm³/mol. The minimum absolute atomic E-state index is 0.0582. The van der Waals surface area contributed by atoms with Gasteiger partial charge in [0.2, 0.25) is 15.7 Å². The van der Waals surface area contributed by atoms with Crippen molar-refractivity contribution in [2.24, 2.45) is 0 Å². The lowest BCUT2D eigenvalue weighted by Crippen LogP contribution is -2.23. The molecule has 2 aromatic heterocycles. The minimum Gasteiger partial charge on any atom is -0.495 e. The monoisotopic (exact) mass is 437 g/mol. The molecule has 4 aromatic rings. The van der Waals surface area contributed by atoms with Crippen molar-refractivity contribution in [2.45, 2.75) is 16.3 Å². The molecule has 4 rings (SSSR count). The summed E-state index contributed by atoms with van der Waals surface area (Å²) in [5.74, 6) is 0.732. The summed E-state index contributed by atoms with van der Waals surface area (Å²) in [7, 11) is -0.889. The number of fused-ring (bicyclic) bond motifs is 1. The van der Waals surface area contributed by atoms with E-state index in [1.807, 2.05) is 0 Å². The molecule has 8 nitrogen and oxygen atoms in total. The van der Waals surface area contributed by atoms with Crippen molar-refractivity contribution in [3.63, 3.8) is 0 Å². The van der Waals surface area contributed by atoms with Crippen LogP contribution in [0.2, 0.25) is 0 Å². The van der Waals surface area contributed by atoms with Crippen LogP contribution in [0, 0.1) is 0 Å². The molecule has 0 atom stereocenters. The van der Waals surface area contributed by atoms with Crippen LogP contribution in [0.1, 0.15) is 5.56 Å². The van der Waals surface area contributed by atoms with Gasteiger partial charge in [0.25, 0.3) is 5.56 Å². The number of aromatic nitrogens is 3. The number of para-hydroxylation sites is 1. The Bertz CT molecular complexity index is 1410. The molecule has 9 heteroatoms. The van der Waals surface area contributed by atoms with Crippen LogP contribution in [-0.2, 0) is 16.4 Å². The number of hydrogen-bond acceptors (Lipinski definition) is 7. The summed E-state index contributed by atoms with van der Waals surface area (Å²) in [5, 5.41) is 5.01. The van der Waals surface area contributed by atoms with E-state index >= 15 is 0 Å². The van der Waals surface area contributed by atoms with Crippen molar-refractivity contribution in [1.82, 2.24) is 14.8 Å². The maximum Gasteiger partial charge on any atom is 0.274 e. The van der Waals surface area contributed by atoms with Crippen molar-refractivity contribution in [1.29, 1.82) is 0 Å². The number of methoxy groups -OCH3 is 2. The summed E-state index contributed by atoms with van der Waals surface area (Å²) in [6.07, 6.45) is 3.09. The number of sulfone groups is 1. The zero-order valence-corrected chi connectivity index (χ0v) is 17.7. The highest BCUT2D eigenvalue weighted by Crippen LogP contribution is 2.30. The highest BCUT2D eigenvalue weighted by atomic mass is 32.2. The Morgan fingerprint density at radius 2 is 1.77 bits per heavy atom. The van der Waals surface area contributed by atoms with Crippen LogP contribution in [0.5, 0.6) is 11.6 Å². The SMILES string of the molecule is COc1ccc(Cn2ncc3cc(S(=O)(=O)c4ccccc4OC)ccc3c2=O)cn1. The average Bonchev–Trinajstić information content (AvgIpc) is 2.81. The van der Waals surface area contributed by atoms with Crippen LogP contribution in [-0.4, -0.2) is 37.4 Å². The summed E-state index contributed by atoms with van der Waals surface area (Å²) in [6, 6.07) is 14.3. The molecule has 158 valence electrons. The Hall–Kier alpha value is -3.72. The third kappa shape index (κ3) is 3.87. The van der Waals surface area contributed by atoms with Gasteiger partial charge in [0.15, 0.2) is 0 Å². The molecule has 2 heterocycles. The van der Waals surface area contributed by atoms with Crippen molar-refractivity contribution in [2.75, 3.05) is 14.2 Å². The first-order valence-electron chi connectivity index (χ1n) is 9.31. The number of hydrogen-bond donors (Lipinski definition) is 0. The zero-order chi connectivity index (χ0) is 22.0. The van der Waals surface area contributed by atoms with Crippen molar-refractivity contribution >= 4 is 20.6 Å². The van der Waals surface area contributed by atoms with E-state index in [1.165, 1.54) is 49.4 Å². The summed E-state index contributed by atoms with van der Waals surface area (Å²) in [4.78, 5) is 17.1.